The third kappa shape index (κ3) is 3.27. The number of hydrogen-bond donors (Lipinski definition) is 2. The molecule has 1 aliphatic heterocycles. The summed E-state index contributed by atoms with van der Waals surface area (Å²) < 4.78 is 22.6. The first-order valence-corrected chi connectivity index (χ1v) is 9.00. The average molecular weight is 335 g/mol. The molecule has 3 rings (SSSR count). The molecule has 1 fully saturated rings. The first kappa shape index (κ1) is 15.7. The molecule has 0 radical (unpaired) electrons. The highest BCUT2D eigenvalue weighted by atomic mass is 32.2. The van der Waals surface area contributed by atoms with E-state index in [0.29, 0.717) is 24.9 Å². The largest absolute Gasteiger partial charge is 0.334 e. The third-order valence-electron chi connectivity index (χ3n) is 4.05. The lowest BCUT2D eigenvalue weighted by Crippen LogP contribution is -2.42. The number of rotatable bonds is 3. The highest BCUT2D eigenvalue weighted by molar-refractivity contribution is 7.89. The van der Waals surface area contributed by atoms with Gasteiger partial charge in [0.25, 0.3) is 11.5 Å². The summed E-state index contributed by atoms with van der Waals surface area (Å²) in [5, 5.41) is 5.83. The maximum Gasteiger partial charge on any atom is 0.261 e. The maximum atomic E-state index is 12.7. The quantitative estimate of drug-likeness (QED) is 0.846. The molecule has 23 heavy (non-hydrogen) atoms. The number of primary sulfonamides is 1. The van der Waals surface area contributed by atoms with Crippen LogP contribution < -0.4 is 10.7 Å². The number of H-pyrrole nitrogens is 1. The van der Waals surface area contributed by atoms with Crippen molar-refractivity contribution in [3.63, 3.8) is 0 Å². The van der Waals surface area contributed by atoms with Crippen LogP contribution >= 0.6 is 0 Å². The van der Waals surface area contributed by atoms with Crippen molar-refractivity contribution in [3.05, 3.63) is 46.2 Å². The summed E-state index contributed by atoms with van der Waals surface area (Å²) in [7, 11) is -3.68. The zero-order valence-corrected chi connectivity index (χ0v) is 13.2. The Morgan fingerprint density at radius 1 is 1.35 bits per heavy atom. The van der Waals surface area contributed by atoms with Crippen LogP contribution in [0.3, 0.4) is 0 Å². The highest BCUT2D eigenvalue weighted by Gasteiger charge is 2.33. The predicted molar refractivity (Wildman–Crippen MR) is 86.6 cm³/mol. The van der Waals surface area contributed by atoms with Gasteiger partial charge < -0.3 is 9.88 Å². The van der Waals surface area contributed by atoms with Gasteiger partial charge in [-0.1, -0.05) is 18.2 Å². The van der Waals surface area contributed by atoms with Crippen molar-refractivity contribution >= 4 is 26.8 Å². The van der Waals surface area contributed by atoms with Crippen LogP contribution in [0.2, 0.25) is 0 Å². The van der Waals surface area contributed by atoms with Gasteiger partial charge in [-0.3, -0.25) is 9.59 Å². The molecule has 1 aromatic carbocycles. The van der Waals surface area contributed by atoms with Gasteiger partial charge in [-0.05, 0) is 30.4 Å². The van der Waals surface area contributed by atoms with E-state index >= 15 is 0 Å². The Labute approximate surface area is 133 Å². The lowest BCUT2D eigenvalue weighted by molar-refractivity contribution is 0.0747. The molecule has 2 heterocycles. The van der Waals surface area contributed by atoms with Gasteiger partial charge in [0.05, 0.1) is 5.75 Å². The van der Waals surface area contributed by atoms with Crippen LogP contribution in [0.25, 0.3) is 10.9 Å². The van der Waals surface area contributed by atoms with E-state index < -0.39 is 27.5 Å². The summed E-state index contributed by atoms with van der Waals surface area (Å²) in [5.74, 6) is -0.743. The zero-order chi connectivity index (χ0) is 16.6. The number of aromatic amines is 1. The Morgan fingerprint density at radius 3 is 2.83 bits per heavy atom. The summed E-state index contributed by atoms with van der Waals surface area (Å²) in [5.41, 5.74) is 0.191. The van der Waals surface area contributed by atoms with E-state index in [0.717, 1.165) is 5.39 Å². The van der Waals surface area contributed by atoms with Crippen molar-refractivity contribution in [3.8, 4) is 0 Å². The number of hydrogen-bond acceptors (Lipinski definition) is 4. The third-order valence-corrected chi connectivity index (χ3v) is 4.90. The lowest BCUT2D eigenvalue weighted by Gasteiger charge is -2.23. The Morgan fingerprint density at radius 2 is 2.09 bits per heavy atom. The van der Waals surface area contributed by atoms with E-state index in [1.165, 1.54) is 4.90 Å². The van der Waals surface area contributed by atoms with E-state index in [2.05, 4.69) is 4.98 Å². The highest BCUT2D eigenvalue weighted by Crippen LogP contribution is 2.21. The molecule has 1 aliphatic rings. The molecule has 7 nitrogen and oxygen atoms in total. The van der Waals surface area contributed by atoms with Crippen molar-refractivity contribution in [2.24, 2.45) is 5.14 Å². The molecule has 0 aliphatic carbocycles. The van der Waals surface area contributed by atoms with E-state index in [4.69, 9.17) is 5.14 Å². The summed E-state index contributed by atoms with van der Waals surface area (Å²) >= 11 is 0. The van der Waals surface area contributed by atoms with Crippen LogP contribution in [0.5, 0.6) is 0 Å². The minimum atomic E-state index is -3.68. The van der Waals surface area contributed by atoms with Gasteiger partial charge in [-0.25, -0.2) is 13.6 Å². The molecule has 3 N–H and O–H groups in total. The number of nitrogens with two attached hydrogens (primary N) is 1. The molecule has 0 spiro atoms. The molecule has 1 saturated heterocycles. The summed E-state index contributed by atoms with van der Waals surface area (Å²) in [4.78, 5) is 29.0. The molecular weight excluding hydrogens is 318 g/mol. The van der Waals surface area contributed by atoms with Crippen molar-refractivity contribution < 1.29 is 13.2 Å². The summed E-state index contributed by atoms with van der Waals surface area (Å²) in [6.45, 7) is 0.422. The lowest BCUT2D eigenvalue weighted by atomic mass is 10.1. The molecule has 8 heteroatoms. The standard InChI is InChI=1S/C15H17N3O4S/c16-23(21,22)9-11-5-3-7-18(11)15(20)12-8-10-4-1-2-6-13(10)17-14(12)19/h1-2,4,6,8,11H,3,5,7,9H2,(H,17,19)(H2,16,21,22). The minimum absolute atomic E-state index is 0.0185. The van der Waals surface area contributed by atoms with E-state index in [1.54, 1.807) is 24.3 Å². The Bertz CT molecular complexity index is 920. The molecule has 2 aromatic rings. The Balaban J connectivity index is 1.96. The minimum Gasteiger partial charge on any atom is -0.334 e. The van der Waals surface area contributed by atoms with Crippen LogP contribution in [0.15, 0.2) is 35.1 Å². The molecule has 1 unspecified atom stereocenters. The van der Waals surface area contributed by atoms with Crippen LogP contribution in [0, 0.1) is 0 Å². The number of benzene rings is 1. The predicted octanol–water partition coefficient (Wildman–Crippen LogP) is 0.421. The number of fused-ring (bicyclic) bond motifs is 1. The first-order chi connectivity index (χ1) is 10.8. The van der Waals surface area contributed by atoms with Gasteiger partial charge in [0, 0.05) is 18.1 Å². The first-order valence-electron chi connectivity index (χ1n) is 7.29. The molecule has 0 bridgehead atoms. The molecular formula is C15H17N3O4S. The number of sulfonamides is 1. The van der Waals surface area contributed by atoms with Crippen molar-refractivity contribution in [1.82, 2.24) is 9.88 Å². The second-order valence-electron chi connectivity index (χ2n) is 5.72. The molecule has 1 atom stereocenters. The van der Waals surface area contributed by atoms with E-state index in [1.807, 2.05) is 6.07 Å². The molecule has 1 aromatic heterocycles. The smallest absolute Gasteiger partial charge is 0.261 e. The van der Waals surface area contributed by atoms with E-state index in [9.17, 15) is 18.0 Å². The van der Waals surface area contributed by atoms with Gasteiger partial charge in [-0.2, -0.15) is 0 Å². The fourth-order valence-corrected chi connectivity index (χ4v) is 3.89. The number of aromatic nitrogens is 1. The van der Waals surface area contributed by atoms with Gasteiger partial charge >= 0.3 is 0 Å². The number of nitrogens with zero attached hydrogens (tertiary/aromatic N) is 1. The van der Waals surface area contributed by atoms with Crippen molar-refractivity contribution in [2.45, 2.75) is 18.9 Å². The number of amides is 1. The Kier molecular flexibility index (Phi) is 3.95. The van der Waals surface area contributed by atoms with Crippen LogP contribution in [0.4, 0.5) is 0 Å². The van der Waals surface area contributed by atoms with Crippen LogP contribution in [-0.4, -0.2) is 42.5 Å². The normalized spacial score (nSPS) is 18.5. The average Bonchev–Trinajstić information content (AvgIpc) is 2.91. The number of carbonyl (C=O) groups is 1. The fraction of sp³-hybridized carbons (Fsp3) is 0.333. The van der Waals surface area contributed by atoms with Crippen molar-refractivity contribution in [1.29, 1.82) is 0 Å². The number of pyridine rings is 1. The summed E-state index contributed by atoms with van der Waals surface area (Å²) in [6, 6.07) is 8.22. The molecule has 122 valence electrons. The maximum absolute atomic E-state index is 12.7. The van der Waals surface area contributed by atoms with Gasteiger partial charge in [0.1, 0.15) is 5.56 Å². The fourth-order valence-electron chi connectivity index (χ4n) is 3.01. The van der Waals surface area contributed by atoms with Gasteiger partial charge in [-0.15, -0.1) is 0 Å². The van der Waals surface area contributed by atoms with Gasteiger partial charge in [0.15, 0.2) is 0 Å². The second-order valence-corrected chi connectivity index (χ2v) is 7.38. The van der Waals surface area contributed by atoms with Gasteiger partial charge in [0.2, 0.25) is 10.0 Å². The summed E-state index contributed by atoms with van der Waals surface area (Å²) in [6.07, 6.45) is 1.26. The number of likely N-dealkylation sites (tertiary alicyclic amines) is 1. The van der Waals surface area contributed by atoms with E-state index in [-0.39, 0.29) is 11.3 Å². The SMILES string of the molecule is NS(=O)(=O)CC1CCCN1C(=O)c1cc2ccccc2[nH]c1=O. The van der Waals surface area contributed by atoms with Crippen LogP contribution in [-0.2, 0) is 10.0 Å². The number of nitrogens with one attached hydrogen (secondary N) is 1. The molecule has 1 amide bonds. The monoisotopic (exact) mass is 335 g/mol. The van der Waals surface area contributed by atoms with Crippen molar-refractivity contribution in [2.75, 3.05) is 12.3 Å². The Hall–Kier alpha value is -2.19. The number of para-hydroxylation sites is 1. The molecule has 0 saturated carbocycles. The topological polar surface area (TPSA) is 113 Å². The number of carbonyl (C=O) groups excluding carboxylic acids is 1. The zero-order valence-electron chi connectivity index (χ0n) is 12.4. The van der Waals surface area contributed by atoms with Crippen LogP contribution in [0.1, 0.15) is 23.2 Å². The second kappa shape index (κ2) is 5.78.